The predicted molar refractivity (Wildman–Crippen MR) is 106 cm³/mol. The minimum absolute atomic E-state index is 0.00535. The molecule has 8 heteroatoms. The van der Waals surface area contributed by atoms with Crippen LogP contribution in [0.5, 0.6) is 0 Å². The lowest BCUT2D eigenvalue weighted by Gasteiger charge is -2.13. The van der Waals surface area contributed by atoms with Crippen molar-refractivity contribution in [2.24, 2.45) is 0 Å². The summed E-state index contributed by atoms with van der Waals surface area (Å²) in [6.07, 6.45) is 0.522. The Morgan fingerprint density at radius 2 is 1.59 bits per heavy atom. The number of fused-ring (bicyclic) bond motifs is 1. The van der Waals surface area contributed by atoms with Crippen LogP contribution in [0.3, 0.4) is 0 Å². The molecule has 1 heterocycles. The summed E-state index contributed by atoms with van der Waals surface area (Å²) in [5.41, 5.74) is 1.21. The summed E-state index contributed by atoms with van der Waals surface area (Å²) in [6, 6.07) is 13.1. The quantitative estimate of drug-likeness (QED) is 0.407. The molecule has 0 aliphatic carbocycles. The summed E-state index contributed by atoms with van der Waals surface area (Å²) in [5.74, 6) is -1.47. The Balaban J connectivity index is 1.34. The van der Waals surface area contributed by atoms with Gasteiger partial charge in [-0.2, -0.15) is 0 Å². The number of hydrogen-bond donors (Lipinski definition) is 1. The van der Waals surface area contributed by atoms with Crippen LogP contribution in [0.4, 0.5) is 0 Å². The molecule has 0 saturated carbocycles. The van der Waals surface area contributed by atoms with Gasteiger partial charge < -0.3 is 10.1 Å². The van der Waals surface area contributed by atoms with E-state index in [4.69, 9.17) is 16.3 Å². The topological polar surface area (TPSA) is 92.8 Å². The first-order valence-corrected chi connectivity index (χ1v) is 9.50. The molecule has 29 heavy (non-hydrogen) atoms. The summed E-state index contributed by atoms with van der Waals surface area (Å²) in [7, 11) is 0. The summed E-state index contributed by atoms with van der Waals surface area (Å²) in [5, 5.41) is 3.26. The fraction of sp³-hybridized carbons (Fsp3) is 0.238. The van der Waals surface area contributed by atoms with E-state index in [9.17, 15) is 19.2 Å². The maximum absolute atomic E-state index is 12.2. The highest BCUT2D eigenvalue weighted by molar-refractivity contribution is 6.30. The van der Waals surface area contributed by atoms with Crippen molar-refractivity contribution in [2.75, 3.05) is 19.7 Å². The van der Waals surface area contributed by atoms with Crippen molar-refractivity contribution in [3.63, 3.8) is 0 Å². The van der Waals surface area contributed by atoms with Gasteiger partial charge in [-0.15, -0.1) is 0 Å². The molecule has 7 nitrogen and oxygen atoms in total. The van der Waals surface area contributed by atoms with E-state index in [1.165, 1.54) is 0 Å². The zero-order chi connectivity index (χ0) is 20.8. The summed E-state index contributed by atoms with van der Waals surface area (Å²) in [4.78, 5) is 49.2. The van der Waals surface area contributed by atoms with Crippen LogP contribution >= 0.6 is 11.6 Å². The smallest absolute Gasteiger partial charge is 0.305 e. The number of rotatable bonds is 8. The van der Waals surface area contributed by atoms with Crippen molar-refractivity contribution in [3.8, 4) is 0 Å². The van der Waals surface area contributed by atoms with Gasteiger partial charge in [0.1, 0.15) is 6.61 Å². The van der Waals surface area contributed by atoms with Gasteiger partial charge >= 0.3 is 5.97 Å². The van der Waals surface area contributed by atoms with Crippen molar-refractivity contribution in [3.05, 3.63) is 70.2 Å². The highest BCUT2D eigenvalue weighted by atomic mass is 35.5. The molecule has 3 amide bonds. The minimum atomic E-state index is -0.456. The van der Waals surface area contributed by atoms with E-state index in [1.807, 2.05) is 0 Å². The molecule has 3 rings (SSSR count). The van der Waals surface area contributed by atoms with Crippen LogP contribution in [-0.4, -0.2) is 48.3 Å². The van der Waals surface area contributed by atoms with Gasteiger partial charge in [-0.05, 0) is 42.8 Å². The lowest BCUT2D eigenvalue weighted by Crippen LogP contribution is -2.33. The molecule has 0 fully saturated rings. The number of carbonyl (C=O) groups is 4. The predicted octanol–water partition coefficient (Wildman–Crippen LogP) is 2.69. The Labute approximate surface area is 172 Å². The maximum Gasteiger partial charge on any atom is 0.305 e. The number of amides is 3. The van der Waals surface area contributed by atoms with Crippen LogP contribution in [0.25, 0.3) is 0 Å². The molecule has 2 aromatic carbocycles. The van der Waals surface area contributed by atoms with Crippen molar-refractivity contribution >= 4 is 35.3 Å². The molecule has 0 atom stereocenters. The van der Waals surface area contributed by atoms with Crippen molar-refractivity contribution in [2.45, 2.75) is 12.8 Å². The fourth-order valence-electron chi connectivity index (χ4n) is 2.90. The Kier molecular flexibility index (Phi) is 6.61. The molecule has 0 saturated heterocycles. The van der Waals surface area contributed by atoms with Gasteiger partial charge in [0.2, 0.25) is 0 Å². The Morgan fingerprint density at radius 1 is 0.966 bits per heavy atom. The van der Waals surface area contributed by atoms with Gasteiger partial charge in [0, 0.05) is 23.6 Å². The number of nitrogens with zero attached hydrogens (tertiary/aromatic N) is 1. The van der Waals surface area contributed by atoms with Crippen LogP contribution < -0.4 is 5.32 Å². The molecule has 0 bridgehead atoms. The first kappa shape index (κ1) is 20.5. The van der Waals surface area contributed by atoms with E-state index in [0.29, 0.717) is 34.7 Å². The molecular formula is C21H19ClN2O5. The molecule has 0 spiro atoms. The van der Waals surface area contributed by atoms with Gasteiger partial charge in [0.15, 0.2) is 0 Å². The Hall–Kier alpha value is -3.19. The normalized spacial score (nSPS) is 12.7. The van der Waals surface area contributed by atoms with E-state index in [-0.39, 0.29) is 37.3 Å². The average molecular weight is 415 g/mol. The molecule has 1 N–H and O–H groups in total. The first-order chi connectivity index (χ1) is 14.0. The van der Waals surface area contributed by atoms with E-state index in [0.717, 1.165) is 4.90 Å². The van der Waals surface area contributed by atoms with E-state index in [1.54, 1.807) is 48.5 Å². The van der Waals surface area contributed by atoms with Crippen LogP contribution in [0.2, 0.25) is 5.02 Å². The number of esters is 1. The third-order valence-electron chi connectivity index (χ3n) is 4.41. The molecule has 0 unspecified atom stereocenters. The summed E-state index contributed by atoms with van der Waals surface area (Å²) >= 11 is 5.78. The van der Waals surface area contributed by atoms with Crippen LogP contribution in [-0.2, 0) is 9.53 Å². The van der Waals surface area contributed by atoms with Gasteiger partial charge in [0.05, 0.1) is 17.7 Å². The lowest BCUT2D eigenvalue weighted by atomic mass is 10.1. The van der Waals surface area contributed by atoms with E-state index >= 15 is 0 Å². The third kappa shape index (κ3) is 5.00. The number of nitrogens with one attached hydrogen (secondary N) is 1. The standard InChI is InChI=1S/C21H19ClN2O5/c22-15-9-7-14(8-10-15)19(26)23-11-3-6-18(25)29-13-12-24-20(27)16-4-1-2-5-17(16)21(24)28/h1-2,4-5,7-10H,3,6,11-13H2,(H,23,26). The molecule has 1 aliphatic heterocycles. The Bertz CT molecular complexity index is 907. The van der Waals surface area contributed by atoms with Crippen molar-refractivity contribution in [1.82, 2.24) is 10.2 Å². The number of imide groups is 1. The van der Waals surface area contributed by atoms with Gasteiger partial charge in [-0.25, -0.2) is 0 Å². The number of ether oxygens (including phenoxy) is 1. The molecular weight excluding hydrogens is 396 g/mol. The molecule has 0 aromatic heterocycles. The minimum Gasteiger partial charge on any atom is -0.464 e. The zero-order valence-electron chi connectivity index (χ0n) is 15.5. The average Bonchev–Trinajstić information content (AvgIpc) is 2.96. The molecule has 1 aliphatic rings. The fourth-order valence-corrected chi connectivity index (χ4v) is 3.03. The summed E-state index contributed by atoms with van der Waals surface area (Å²) < 4.78 is 5.09. The van der Waals surface area contributed by atoms with Crippen LogP contribution in [0.15, 0.2) is 48.5 Å². The highest BCUT2D eigenvalue weighted by Gasteiger charge is 2.34. The molecule has 0 radical (unpaired) electrons. The van der Waals surface area contributed by atoms with E-state index < -0.39 is 5.97 Å². The zero-order valence-corrected chi connectivity index (χ0v) is 16.3. The Morgan fingerprint density at radius 3 is 2.21 bits per heavy atom. The number of hydrogen-bond acceptors (Lipinski definition) is 5. The van der Waals surface area contributed by atoms with E-state index in [2.05, 4.69) is 5.32 Å². The SMILES string of the molecule is O=C(CCCNC(=O)c1ccc(Cl)cc1)OCCN1C(=O)c2ccccc2C1=O. The van der Waals surface area contributed by atoms with Crippen LogP contribution in [0.1, 0.15) is 43.9 Å². The van der Waals surface area contributed by atoms with Gasteiger partial charge in [0.25, 0.3) is 17.7 Å². The van der Waals surface area contributed by atoms with Gasteiger partial charge in [-0.1, -0.05) is 23.7 Å². The molecule has 150 valence electrons. The maximum atomic E-state index is 12.2. The van der Waals surface area contributed by atoms with Crippen molar-refractivity contribution < 1.29 is 23.9 Å². The largest absolute Gasteiger partial charge is 0.464 e. The third-order valence-corrected chi connectivity index (χ3v) is 4.66. The second-order valence-electron chi connectivity index (χ2n) is 6.39. The first-order valence-electron chi connectivity index (χ1n) is 9.12. The van der Waals surface area contributed by atoms with Gasteiger partial charge in [-0.3, -0.25) is 24.1 Å². The lowest BCUT2D eigenvalue weighted by molar-refractivity contribution is -0.143. The monoisotopic (exact) mass is 414 g/mol. The second kappa shape index (κ2) is 9.34. The number of carbonyl (C=O) groups excluding carboxylic acids is 4. The highest BCUT2D eigenvalue weighted by Crippen LogP contribution is 2.21. The molecule has 2 aromatic rings. The number of halogens is 1. The number of benzene rings is 2. The summed E-state index contributed by atoms with van der Waals surface area (Å²) in [6.45, 7) is 0.252. The second-order valence-corrected chi connectivity index (χ2v) is 6.83. The van der Waals surface area contributed by atoms with Crippen molar-refractivity contribution in [1.29, 1.82) is 0 Å². The van der Waals surface area contributed by atoms with Crippen LogP contribution in [0, 0.1) is 0 Å².